The van der Waals surface area contributed by atoms with Gasteiger partial charge in [-0.1, -0.05) is 29.8 Å². The Morgan fingerprint density at radius 1 is 1.26 bits per heavy atom. The molecule has 1 aliphatic rings. The van der Waals surface area contributed by atoms with Gasteiger partial charge >= 0.3 is 6.03 Å². The van der Waals surface area contributed by atoms with Gasteiger partial charge in [0.2, 0.25) is 5.91 Å². The van der Waals surface area contributed by atoms with Crippen LogP contribution in [0.5, 0.6) is 0 Å². The molecule has 2 heterocycles. The first kappa shape index (κ1) is 18.6. The Labute approximate surface area is 157 Å². The number of rotatable bonds is 5. The van der Waals surface area contributed by atoms with Crippen molar-refractivity contribution in [3.8, 4) is 0 Å². The summed E-state index contributed by atoms with van der Waals surface area (Å²) >= 11 is 0. The van der Waals surface area contributed by atoms with Crippen molar-refractivity contribution in [1.82, 2.24) is 24.9 Å². The van der Waals surface area contributed by atoms with Crippen LogP contribution in [0.3, 0.4) is 0 Å². The molecular weight excluding hydrogens is 346 g/mol. The molecule has 8 heteroatoms. The van der Waals surface area contributed by atoms with Crippen LogP contribution in [0.25, 0.3) is 0 Å². The van der Waals surface area contributed by atoms with Gasteiger partial charge in [-0.3, -0.25) is 19.2 Å². The number of carbonyl (C=O) groups excluding carboxylic acids is 3. The van der Waals surface area contributed by atoms with Crippen molar-refractivity contribution in [3.05, 3.63) is 53.3 Å². The molecule has 0 aliphatic carbocycles. The third-order valence-corrected chi connectivity index (χ3v) is 4.80. The third-order valence-electron chi connectivity index (χ3n) is 4.80. The number of hydrogen-bond donors (Lipinski definition) is 1. The molecule has 27 heavy (non-hydrogen) atoms. The van der Waals surface area contributed by atoms with E-state index < -0.39 is 17.5 Å². The molecule has 0 unspecified atom stereocenters. The lowest BCUT2D eigenvalue weighted by molar-refractivity contribution is -0.138. The number of benzene rings is 1. The van der Waals surface area contributed by atoms with Gasteiger partial charge in [-0.15, -0.1) is 0 Å². The first-order valence-corrected chi connectivity index (χ1v) is 8.63. The van der Waals surface area contributed by atoms with Gasteiger partial charge in [-0.25, -0.2) is 4.79 Å². The fourth-order valence-electron chi connectivity index (χ4n) is 3.09. The van der Waals surface area contributed by atoms with E-state index in [1.807, 2.05) is 37.4 Å². The quantitative estimate of drug-likeness (QED) is 0.801. The number of imide groups is 1. The molecule has 0 saturated carbocycles. The molecule has 4 amide bonds. The maximum Gasteiger partial charge on any atom is 0.325 e. The Kier molecular flexibility index (Phi) is 4.73. The number of hydrogen-bond acceptors (Lipinski definition) is 4. The van der Waals surface area contributed by atoms with Crippen molar-refractivity contribution in [1.29, 1.82) is 0 Å². The number of nitrogens with one attached hydrogen (secondary N) is 1. The average molecular weight is 369 g/mol. The van der Waals surface area contributed by atoms with Crippen LogP contribution < -0.4 is 5.32 Å². The first-order chi connectivity index (χ1) is 12.7. The summed E-state index contributed by atoms with van der Waals surface area (Å²) in [5.41, 5.74) is 1.44. The van der Waals surface area contributed by atoms with Crippen molar-refractivity contribution in [3.63, 3.8) is 0 Å². The molecule has 0 spiro atoms. The Morgan fingerprint density at radius 3 is 2.52 bits per heavy atom. The number of nitrogens with zero attached hydrogens (tertiary/aromatic N) is 4. The summed E-state index contributed by atoms with van der Waals surface area (Å²) in [5, 5.41) is 6.78. The summed E-state index contributed by atoms with van der Waals surface area (Å²) in [6.07, 6.45) is 3.48. The van der Waals surface area contributed by atoms with E-state index in [2.05, 4.69) is 10.4 Å². The van der Waals surface area contributed by atoms with Crippen molar-refractivity contribution in [2.75, 3.05) is 13.6 Å². The highest BCUT2D eigenvalue weighted by Gasteiger charge is 2.49. The molecule has 1 aromatic heterocycles. The van der Waals surface area contributed by atoms with Gasteiger partial charge in [-0.05, 0) is 19.4 Å². The summed E-state index contributed by atoms with van der Waals surface area (Å²) < 4.78 is 1.65. The molecule has 8 nitrogen and oxygen atoms in total. The summed E-state index contributed by atoms with van der Waals surface area (Å²) in [6, 6.07) is 6.83. The van der Waals surface area contributed by atoms with Gasteiger partial charge in [-0.2, -0.15) is 5.10 Å². The van der Waals surface area contributed by atoms with E-state index in [-0.39, 0.29) is 12.5 Å². The zero-order valence-electron chi connectivity index (χ0n) is 15.9. The van der Waals surface area contributed by atoms with E-state index in [1.54, 1.807) is 31.9 Å². The van der Waals surface area contributed by atoms with Gasteiger partial charge in [0.1, 0.15) is 12.1 Å². The van der Waals surface area contributed by atoms with Gasteiger partial charge < -0.3 is 10.2 Å². The van der Waals surface area contributed by atoms with E-state index in [4.69, 9.17) is 0 Å². The maximum absolute atomic E-state index is 12.9. The van der Waals surface area contributed by atoms with Crippen LogP contribution in [0.1, 0.15) is 23.6 Å². The van der Waals surface area contributed by atoms with Crippen LogP contribution in [0.4, 0.5) is 4.79 Å². The molecule has 2 aromatic rings. The van der Waals surface area contributed by atoms with E-state index in [0.717, 1.165) is 16.0 Å². The summed E-state index contributed by atoms with van der Waals surface area (Å²) in [7, 11) is 3.43. The second-order valence-corrected chi connectivity index (χ2v) is 7.08. The topological polar surface area (TPSA) is 87.5 Å². The van der Waals surface area contributed by atoms with Crippen molar-refractivity contribution < 1.29 is 14.4 Å². The van der Waals surface area contributed by atoms with Crippen molar-refractivity contribution in [2.24, 2.45) is 7.05 Å². The zero-order chi connectivity index (χ0) is 19.8. The molecule has 1 fully saturated rings. The normalized spacial score (nSPS) is 19.3. The average Bonchev–Trinajstić information content (AvgIpc) is 3.12. The highest BCUT2D eigenvalue weighted by molar-refractivity contribution is 6.09. The van der Waals surface area contributed by atoms with Crippen LogP contribution in [0.15, 0.2) is 36.7 Å². The Bertz CT molecular complexity index is 889. The zero-order valence-corrected chi connectivity index (χ0v) is 15.9. The number of aromatic nitrogens is 2. The van der Waals surface area contributed by atoms with Crippen LogP contribution >= 0.6 is 0 Å². The smallest absolute Gasteiger partial charge is 0.325 e. The molecule has 1 atom stereocenters. The number of aryl methyl sites for hydroxylation is 2. The minimum absolute atomic E-state index is 0.303. The lowest BCUT2D eigenvalue weighted by Crippen LogP contribution is -2.43. The maximum atomic E-state index is 12.9. The largest absolute Gasteiger partial charge is 0.340 e. The standard InChI is InChI=1S/C19H23N5O3/c1-13-5-7-15(8-6-13)19(2)17(26)24(18(27)21-19)12-16(25)22(3)10-14-9-20-23(4)11-14/h5-9,11H,10,12H2,1-4H3,(H,21,27)/t19-/m0/s1. The van der Waals surface area contributed by atoms with Crippen LogP contribution in [0.2, 0.25) is 0 Å². The molecule has 1 N–H and O–H groups in total. The van der Waals surface area contributed by atoms with Crippen LogP contribution in [-0.4, -0.2) is 51.0 Å². The van der Waals surface area contributed by atoms with E-state index in [0.29, 0.717) is 12.1 Å². The van der Waals surface area contributed by atoms with Crippen LogP contribution in [0, 0.1) is 6.92 Å². The molecular formula is C19H23N5O3. The molecule has 142 valence electrons. The number of likely N-dealkylation sites (N-methyl/N-ethyl adjacent to an activating group) is 1. The third kappa shape index (κ3) is 3.55. The summed E-state index contributed by atoms with van der Waals surface area (Å²) in [4.78, 5) is 40.2. The van der Waals surface area contributed by atoms with Gasteiger partial charge in [0.05, 0.1) is 6.20 Å². The molecule has 1 aliphatic heterocycles. The minimum atomic E-state index is -1.17. The first-order valence-electron chi connectivity index (χ1n) is 8.63. The molecule has 1 saturated heterocycles. The lowest BCUT2D eigenvalue weighted by atomic mass is 9.91. The van der Waals surface area contributed by atoms with Gasteiger partial charge in [0, 0.05) is 32.4 Å². The van der Waals surface area contributed by atoms with E-state index in [9.17, 15) is 14.4 Å². The number of urea groups is 1. The van der Waals surface area contributed by atoms with Crippen molar-refractivity contribution in [2.45, 2.75) is 25.9 Å². The predicted molar refractivity (Wildman–Crippen MR) is 98.5 cm³/mol. The van der Waals surface area contributed by atoms with Gasteiger partial charge in [0.15, 0.2) is 0 Å². The fourth-order valence-corrected chi connectivity index (χ4v) is 3.09. The predicted octanol–water partition coefficient (Wildman–Crippen LogP) is 1.15. The molecule has 3 rings (SSSR count). The molecule has 0 radical (unpaired) electrons. The summed E-state index contributed by atoms with van der Waals surface area (Å²) in [5.74, 6) is -0.755. The Balaban J connectivity index is 1.71. The van der Waals surface area contributed by atoms with Gasteiger partial charge in [0.25, 0.3) is 5.91 Å². The van der Waals surface area contributed by atoms with E-state index >= 15 is 0 Å². The Hall–Kier alpha value is -3.16. The SMILES string of the molecule is Cc1ccc([C@]2(C)NC(=O)N(CC(=O)N(C)Cc3cnn(C)c3)C2=O)cc1. The number of carbonyl (C=O) groups is 3. The number of amides is 4. The highest BCUT2D eigenvalue weighted by atomic mass is 16.2. The molecule has 0 bridgehead atoms. The second kappa shape index (κ2) is 6.86. The highest BCUT2D eigenvalue weighted by Crippen LogP contribution is 2.29. The fraction of sp³-hybridized carbons (Fsp3) is 0.368. The minimum Gasteiger partial charge on any atom is -0.340 e. The van der Waals surface area contributed by atoms with Crippen molar-refractivity contribution >= 4 is 17.8 Å². The van der Waals surface area contributed by atoms with E-state index in [1.165, 1.54) is 4.90 Å². The van der Waals surface area contributed by atoms with Crippen LogP contribution in [-0.2, 0) is 28.7 Å². The second-order valence-electron chi connectivity index (χ2n) is 7.08. The Morgan fingerprint density at radius 2 is 1.93 bits per heavy atom. The monoisotopic (exact) mass is 369 g/mol. The lowest BCUT2D eigenvalue weighted by Gasteiger charge is -2.23. The molecule has 1 aromatic carbocycles. The summed E-state index contributed by atoms with van der Waals surface area (Å²) in [6.45, 7) is 3.65.